The van der Waals surface area contributed by atoms with Gasteiger partial charge in [-0.3, -0.25) is 4.79 Å². The maximum atomic E-state index is 13.0. The molecule has 0 aromatic heterocycles. The molecule has 2 fully saturated rings. The Morgan fingerprint density at radius 3 is 1.19 bits per heavy atom. The third kappa shape index (κ3) is 29.5. The van der Waals surface area contributed by atoms with E-state index < -0.39 is 80.7 Å². The standard InChI is InChI=1S/C54H104O14/c1-3-5-7-9-11-13-15-17-19-20-21-22-23-24-25-27-29-31-33-35-37-46(56)66-43(40-63-38-36-34-32-30-28-26-18-16-14-12-10-8-6-4-2)41-64-53-52(62)50(60)48(58)45(68-53)42-65-54-51(61)49(59)47(57)44(39-55)67-54/h43-45,47-55,57-62H,3-42H2,1-2H3. The number of hydrogen-bond donors (Lipinski definition) is 7. The van der Waals surface area contributed by atoms with Crippen LogP contribution in [0.3, 0.4) is 0 Å². The Bertz CT molecular complexity index is 1130. The van der Waals surface area contributed by atoms with Gasteiger partial charge in [0.2, 0.25) is 0 Å². The number of aliphatic hydroxyl groups is 7. The van der Waals surface area contributed by atoms with Crippen LogP contribution in [0.4, 0.5) is 0 Å². The van der Waals surface area contributed by atoms with Gasteiger partial charge in [-0.2, -0.15) is 0 Å². The van der Waals surface area contributed by atoms with Crippen LogP contribution in [0.15, 0.2) is 0 Å². The van der Waals surface area contributed by atoms with E-state index in [0.717, 1.165) is 44.9 Å². The minimum Gasteiger partial charge on any atom is -0.457 e. The second-order valence-corrected chi connectivity index (χ2v) is 20.1. The molecule has 0 aromatic carbocycles. The molecule has 0 aliphatic carbocycles. The van der Waals surface area contributed by atoms with Gasteiger partial charge in [0.1, 0.15) is 54.9 Å². The van der Waals surface area contributed by atoms with E-state index in [1.165, 1.54) is 173 Å². The van der Waals surface area contributed by atoms with Crippen molar-refractivity contribution in [2.75, 3.05) is 33.0 Å². The third-order valence-electron chi connectivity index (χ3n) is 13.9. The molecule has 2 aliphatic heterocycles. The van der Waals surface area contributed by atoms with Gasteiger partial charge in [-0.05, 0) is 12.8 Å². The van der Waals surface area contributed by atoms with E-state index in [4.69, 9.17) is 28.4 Å². The Kier molecular flexibility index (Phi) is 39.4. The van der Waals surface area contributed by atoms with Crippen LogP contribution in [0, 0.1) is 0 Å². The highest BCUT2D eigenvalue weighted by molar-refractivity contribution is 5.69. The molecule has 14 heteroatoms. The normalized spacial score (nSPS) is 25.8. The van der Waals surface area contributed by atoms with Crippen molar-refractivity contribution in [1.82, 2.24) is 0 Å². The zero-order chi connectivity index (χ0) is 49.5. The summed E-state index contributed by atoms with van der Waals surface area (Å²) in [6.45, 7) is 3.75. The fourth-order valence-corrected chi connectivity index (χ4v) is 9.29. The first-order valence-corrected chi connectivity index (χ1v) is 28.1. The molecule has 0 saturated carbocycles. The molecule has 0 spiro atoms. The molecule has 2 aliphatic rings. The first kappa shape index (κ1) is 63.1. The fraction of sp³-hybridized carbons (Fsp3) is 0.981. The highest BCUT2D eigenvalue weighted by Crippen LogP contribution is 2.27. The maximum absolute atomic E-state index is 13.0. The molecule has 0 aromatic rings. The molecule has 68 heavy (non-hydrogen) atoms. The van der Waals surface area contributed by atoms with Gasteiger partial charge in [0.05, 0.1) is 26.4 Å². The van der Waals surface area contributed by atoms with Crippen LogP contribution >= 0.6 is 0 Å². The first-order chi connectivity index (χ1) is 33.1. The minimum absolute atomic E-state index is 0.0705. The van der Waals surface area contributed by atoms with Crippen molar-refractivity contribution in [2.45, 2.75) is 306 Å². The molecule has 0 amide bonds. The summed E-state index contributed by atoms with van der Waals surface area (Å²) in [6, 6.07) is 0. The van der Waals surface area contributed by atoms with E-state index in [0.29, 0.717) is 6.61 Å². The van der Waals surface area contributed by atoms with Crippen LogP contribution in [0.2, 0.25) is 0 Å². The van der Waals surface area contributed by atoms with Gasteiger partial charge in [0.15, 0.2) is 12.6 Å². The molecule has 0 bridgehead atoms. The van der Waals surface area contributed by atoms with Gasteiger partial charge < -0.3 is 64.2 Å². The summed E-state index contributed by atoms with van der Waals surface area (Å²) in [5.74, 6) is -0.368. The van der Waals surface area contributed by atoms with Gasteiger partial charge in [-0.25, -0.2) is 0 Å². The summed E-state index contributed by atoms with van der Waals surface area (Å²) < 4.78 is 34.4. The van der Waals surface area contributed by atoms with Crippen LogP contribution in [0.1, 0.15) is 239 Å². The SMILES string of the molecule is CCCCCCCCCCCCCCCCCCCCCCC(=O)OC(COCCCCCCCCCCCCCCCC)COC1OC(COC2OC(CO)C(O)C(O)C2O)C(O)C(O)C1O. The molecule has 404 valence electrons. The van der Waals surface area contributed by atoms with Gasteiger partial charge in [-0.15, -0.1) is 0 Å². The second kappa shape index (κ2) is 42.5. The molecule has 2 saturated heterocycles. The molecule has 2 heterocycles. The first-order valence-electron chi connectivity index (χ1n) is 28.1. The van der Waals surface area contributed by atoms with Crippen molar-refractivity contribution in [3.05, 3.63) is 0 Å². The van der Waals surface area contributed by atoms with Crippen molar-refractivity contribution in [3.8, 4) is 0 Å². The number of aliphatic hydroxyl groups excluding tert-OH is 7. The summed E-state index contributed by atoms with van der Waals surface area (Å²) in [7, 11) is 0. The number of esters is 1. The zero-order valence-corrected chi connectivity index (χ0v) is 43.1. The van der Waals surface area contributed by atoms with Gasteiger partial charge in [-0.1, -0.05) is 219 Å². The number of carbonyl (C=O) groups is 1. The topological polar surface area (TPSA) is 214 Å². The van der Waals surface area contributed by atoms with E-state index in [1.807, 2.05) is 0 Å². The Morgan fingerprint density at radius 2 is 0.779 bits per heavy atom. The third-order valence-corrected chi connectivity index (χ3v) is 13.9. The molecule has 11 atom stereocenters. The molecule has 2 rings (SSSR count). The van der Waals surface area contributed by atoms with Crippen LogP contribution in [-0.4, -0.2) is 142 Å². The van der Waals surface area contributed by atoms with E-state index in [1.54, 1.807) is 0 Å². The summed E-state index contributed by atoms with van der Waals surface area (Å²) in [4.78, 5) is 13.0. The van der Waals surface area contributed by atoms with Crippen LogP contribution in [-0.2, 0) is 33.2 Å². The zero-order valence-electron chi connectivity index (χ0n) is 43.1. The van der Waals surface area contributed by atoms with Crippen molar-refractivity contribution in [3.63, 3.8) is 0 Å². The Hall–Kier alpha value is -1.01. The number of rotatable bonds is 46. The molecular formula is C54H104O14. The fourth-order valence-electron chi connectivity index (χ4n) is 9.29. The van der Waals surface area contributed by atoms with E-state index in [-0.39, 0.29) is 25.6 Å². The lowest BCUT2D eigenvalue weighted by Gasteiger charge is -2.42. The molecule has 7 N–H and O–H groups in total. The summed E-state index contributed by atoms with van der Waals surface area (Å²) >= 11 is 0. The quantitative estimate of drug-likeness (QED) is 0.0224. The van der Waals surface area contributed by atoms with Crippen LogP contribution < -0.4 is 0 Å². The predicted molar refractivity (Wildman–Crippen MR) is 266 cm³/mol. The maximum Gasteiger partial charge on any atom is 0.306 e. The van der Waals surface area contributed by atoms with Gasteiger partial charge >= 0.3 is 5.97 Å². The lowest BCUT2D eigenvalue weighted by atomic mass is 9.98. The molecule has 14 nitrogen and oxygen atoms in total. The lowest BCUT2D eigenvalue weighted by molar-refractivity contribution is -0.332. The Morgan fingerprint density at radius 1 is 0.426 bits per heavy atom. The second-order valence-electron chi connectivity index (χ2n) is 20.1. The number of unbranched alkanes of at least 4 members (excludes halogenated alkanes) is 32. The van der Waals surface area contributed by atoms with Crippen molar-refractivity contribution >= 4 is 5.97 Å². The average Bonchev–Trinajstić information content (AvgIpc) is 3.33. The van der Waals surface area contributed by atoms with Gasteiger partial charge in [0.25, 0.3) is 0 Å². The Labute approximate surface area is 412 Å². The van der Waals surface area contributed by atoms with E-state index >= 15 is 0 Å². The smallest absolute Gasteiger partial charge is 0.306 e. The molecule has 11 unspecified atom stereocenters. The molecule has 0 radical (unpaired) electrons. The van der Waals surface area contributed by atoms with E-state index in [2.05, 4.69) is 13.8 Å². The average molecular weight is 977 g/mol. The largest absolute Gasteiger partial charge is 0.457 e. The highest BCUT2D eigenvalue weighted by atomic mass is 16.7. The Balaban J connectivity index is 1.71. The lowest BCUT2D eigenvalue weighted by Crippen LogP contribution is -2.61. The number of carbonyl (C=O) groups excluding carboxylic acids is 1. The van der Waals surface area contributed by atoms with Crippen molar-refractivity contribution < 1.29 is 69.0 Å². The monoisotopic (exact) mass is 977 g/mol. The summed E-state index contributed by atoms with van der Waals surface area (Å²) in [5.41, 5.74) is 0. The highest BCUT2D eigenvalue weighted by Gasteiger charge is 2.47. The van der Waals surface area contributed by atoms with Gasteiger partial charge in [0, 0.05) is 13.0 Å². The van der Waals surface area contributed by atoms with Crippen molar-refractivity contribution in [2.24, 2.45) is 0 Å². The minimum atomic E-state index is -1.70. The van der Waals surface area contributed by atoms with Crippen LogP contribution in [0.5, 0.6) is 0 Å². The van der Waals surface area contributed by atoms with Crippen LogP contribution in [0.25, 0.3) is 0 Å². The summed E-state index contributed by atoms with van der Waals surface area (Å²) in [6.07, 6.45) is 27.3. The predicted octanol–water partition coefficient (Wildman–Crippen LogP) is 9.25. The number of hydrogen-bond acceptors (Lipinski definition) is 14. The molecular weight excluding hydrogens is 873 g/mol. The number of ether oxygens (including phenoxy) is 6. The van der Waals surface area contributed by atoms with Crippen molar-refractivity contribution in [1.29, 1.82) is 0 Å². The summed E-state index contributed by atoms with van der Waals surface area (Å²) in [5, 5.41) is 72.2. The van der Waals surface area contributed by atoms with E-state index in [9.17, 15) is 40.5 Å².